The largest absolute Gasteiger partial charge is 0.465 e. The van der Waals surface area contributed by atoms with Crippen LogP contribution in [-0.2, 0) is 9.13 Å². The van der Waals surface area contributed by atoms with Gasteiger partial charge in [0.05, 0.1) is 0 Å². The average Bonchev–Trinajstić information content (AvgIpc) is 2.13. The minimum absolute atomic E-state index is 0.0211. The van der Waals surface area contributed by atoms with E-state index in [1.807, 2.05) is 0 Å². The van der Waals surface area contributed by atoms with E-state index < -0.39 is 20.8 Å². The fourth-order valence-electron chi connectivity index (χ4n) is 1.07. The average molecular weight is 282 g/mol. The predicted molar refractivity (Wildman–Crippen MR) is 59.7 cm³/mol. The first-order valence-electron chi connectivity index (χ1n) is 4.44. The van der Waals surface area contributed by atoms with Crippen LogP contribution >= 0.6 is 15.2 Å². The molecule has 0 aliphatic carbocycles. The van der Waals surface area contributed by atoms with Crippen LogP contribution in [0.25, 0.3) is 0 Å². The van der Waals surface area contributed by atoms with E-state index in [1.54, 1.807) is 19.1 Å². The number of aryl methyl sites for hydroxylation is 1. The SMILES string of the molecule is Cc1ccc(OC(P(=O)(O)O)P(=O)(O)O)cc1. The molecule has 0 aliphatic heterocycles. The summed E-state index contributed by atoms with van der Waals surface area (Å²) in [5, 5.41) is 0. The Bertz CT molecular complexity index is 449. The Labute approximate surface area is 97.4 Å². The molecule has 0 aliphatic rings. The molecule has 96 valence electrons. The summed E-state index contributed by atoms with van der Waals surface area (Å²) in [6.45, 7) is 1.78. The Kier molecular flexibility index (Phi) is 4.15. The van der Waals surface area contributed by atoms with Gasteiger partial charge in [0.1, 0.15) is 5.75 Å². The molecule has 1 rings (SSSR count). The maximum Gasteiger partial charge on any atom is 0.378 e. The Morgan fingerprint density at radius 3 is 1.76 bits per heavy atom. The summed E-state index contributed by atoms with van der Waals surface area (Å²) < 4.78 is 26.5. The maximum absolute atomic E-state index is 10.9. The van der Waals surface area contributed by atoms with Crippen LogP contribution in [-0.4, -0.2) is 25.2 Å². The molecule has 0 unspecified atom stereocenters. The third-order valence-electron chi connectivity index (χ3n) is 1.84. The van der Waals surface area contributed by atoms with E-state index in [2.05, 4.69) is 4.74 Å². The van der Waals surface area contributed by atoms with Gasteiger partial charge in [0.25, 0.3) is 5.59 Å². The van der Waals surface area contributed by atoms with Crippen molar-refractivity contribution >= 4 is 15.2 Å². The van der Waals surface area contributed by atoms with Gasteiger partial charge in [-0.25, -0.2) is 0 Å². The summed E-state index contributed by atoms with van der Waals surface area (Å²) in [5.74, 6) is -0.0211. The summed E-state index contributed by atoms with van der Waals surface area (Å²) in [6, 6.07) is 5.92. The molecule has 0 aromatic heterocycles. The number of hydrogen-bond donors (Lipinski definition) is 4. The van der Waals surface area contributed by atoms with Crippen molar-refractivity contribution in [1.29, 1.82) is 0 Å². The van der Waals surface area contributed by atoms with Crippen LogP contribution in [0.2, 0.25) is 0 Å². The van der Waals surface area contributed by atoms with Gasteiger partial charge in [-0.05, 0) is 19.1 Å². The molecular formula is C8H12O7P2. The summed E-state index contributed by atoms with van der Waals surface area (Å²) in [5.41, 5.74) is -1.60. The van der Waals surface area contributed by atoms with Crippen LogP contribution in [0.5, 0.6) is 5.75 Å². The molecule has 0 atom stereocenters. The molecule has 1 aromatic rings. The lowest BCUT2D eigenvalue weighted by molar-refractivity contribution is 0.236. The second-order valence-electron chi connectivity index (χ2n) is 3.44. The summed E-state index contributed by atoms with van der Waals surface area (Å²) in [6.07, 6.45) is 0. The molecular weight excluding hydrogens is 270 g/mol. The van der Waals surface area contributed by atoms with Crippen molar-refractivity contribution < 1.29 is 33.4 Å². The fraction of sp³-hybridized carbons (Fsp3) is 0.250. The molecule has 0 heterocycles. The number of hydrogen-bond acceptors (Lipinski definition) is 3. The maximum atomic E-state index is 10.9. The Hall–Kier alpha value is -0.680. The Morgan fingerprint density at radius 1 is 1.00 bits per heavy atom. The molecule has 4 N–H and O–H groups in total. The zero-order chi connectivity index (χ0) is 13.3. The van der Waals surface area contributed by atoms with Crippen molar-refractivity contribution in [1.82, 2.24) is 0 Å². The predicted octanol–water partition coefficient (Wildman–Crippen LogP) is 1.01. The van der Waals surface area contributed by atoms with Crippen molar-refractivity contribution in [3.8, 4) is 5.75 Å². The van der Waals surface area contributed by atoms with E-state index in [-0.39, 0.29) is 5.75 Å². The highest BCUT2D eigenvalue weighted by molar-refractivity contribution is 7.70. The van der Waals surface area contributed by atoms with Gasteiger partial charge < -0.3 is 24.3 Å². The van der Waals surface area contributed by atoms with Crippen molar-refractivity contribution in [3.63, 3.8) is 0 Å². The summed E-state index contributed by atoms with van der Waals surface area (Å²) in [4.78, 5) is 35.3. The molecule has 7 nitrogen and oxygen atoms in total. The van der Waals surface area contributed by atoms with Crippen LogP contribution in [0.3, 0.4) is 0 Å². The van der Waals surface area contributed by atoms with Gasteiger partial charge in [0, 0.05) is 0 Å². The molecule has 17 heavy (non-hydrogen) atoms. The second kappa shape index (κ2) is 4.90. The van der Waals surface area contributed by atoms with Crippen LogP contribution in [0.1, 0.15) is 5.56 Å². The van der Waals surface area contributed by atoms with Gasteiger partial charge in [0.2, 0.25) is 0 Å². The normalized spacial score (nSPS) is 12.8. The van der Waals surface area contributed by atoms with E-state index in [9.17, 15) is 9.13 Å². The third kappa shape index (κ3) is 4.24. The van der Waals surface area contributed by atoms with E-state index in [0.29, 0.717) is 0 Å². The van der Waals surface area contributed by atoms with Crippen molar-refractivity contribution in [2.75, 3.05) is 0 Å². The lowest BCUT2D eigenvalue weighted by atomic mass is 10.2. The van der Waals surface area contributed by atoms with Crippen molar-refractivity contribution in [2.24, 2.45) is 0 Å². The third-order valence-corrected chi connectivity index (χ3v) is 5.00. The summed E-state index contributed by atoms with van der Waals surface area (Å²) >= 11 is 0. The second-order valence-corrected chi connectivity index (χ2v) is 7.14. The highest BCUT2D eigenvalue weighted by atomic mass is 31.2. The van der Waals surface area contributed by atoms with Gasteiger partial charge in [0.15, 0.2) is 0 Å². The molecule has 1 aromatic carbocycles. The van der Waals surface area contributed by atoms with Crippen molar-refractivity contribution in [3.05, 3.63) is 29.8 Å². The topological polar surface area (TPSA) is 124 Å². The zero-order valence-electron chi connectivity index (χ0n) is 8.79. The molecule has 9 heteroatoms. The molecule has 0 saturated heterocycles. The van der Waals surface area contributed by atoms with Crippen LogP contribution in [0, 0.1) is 6.92 Å². The first-order chi connectivity index (χ1) is 7.60. The molecule has 0 spiro atoms. The van der Waals surface area contributed by atoms with Gasteiger partial charge in [-0.1, -0.05) is 17.7 Å². The minimum Gasteiger partial charge on any atom is -0.465 e. The van der Waals surface area contributed by atoms with Gasteiger partial charge in [-0.15, -0.1) is 0 Å². The molecule has 0 fully saturated rings. The first-order valence-corrected chi connectivity index (χ1v) is 7.81. The quantitative estimate of drug-likeness (QED) is 0.607. The van der Waals surface area contributed by atoms with Crippen molar-refractivity contribution in [2.45, 2.75) is 12.5 Å². The Balaban J connectivity index is 3.00. The first kappa shape index (κ1) is 14.4. The van der Waals surface area contributed by atoms with Crippen LogP contribution < -0.4 is 4.74 Å². The lowest BCUT2D eigenvalue weighted by Crippen LogP contribution is -2.17. The molecule has 0 amide bonds. The van der Waals surface area contributed by atoms with Crippen LogP contribution in [0.4, 0.5) is 0 Å². The Morgan fingerprint density at radius 2 is 1.41 bits per heavy atom. The highest BCUT2D eigenvalue weighted by Crippen LogP contribution is 2.60. The van der Waals surface area contributed by atoms with E-state index in [4.69, 9.17) is 19.6 Å². The monoisotopic (exact) mass is 282 g/mol. The van der Waals surface area contributed by atoms with E-state index in [1.165, 1.54) is 12.1 Å². The smallest absolute Gasteiger partial charge is 0.378 e. The highest BCUT2D eigenvalue weighted by Gasteiger charge is 2.45. The van der Waals surface area contributed by atoms with E-state index >= 15 is 0 Å². The lowest BCUT2D eigenvalue weighted by Gasteiger charge is -2.20. The number of ether oxygens (including phenoxy) is 1. The zero-order valence-corrected chi connectivity index (χ0v) is 10.6. The number of rotatable bonds is 4. The van der Waals surface area contributed by atoms with Crippen LogP contribution in [0.15, 0.2) is 24.3 Å². The van der Waals surface area contributed by atoms with Gasteiger partial charge >= 0.3 is 15.2 Å². The van der Waals surface area contributed by atoms with Gasteiger partial charge in [-0.2, -0.15) is 0 Å². The number of benzene rings is 1. The standard InChI is InChI=1S/C8H12O7P2/c1-6-2-4-7(5-3-6)15-8(16(9,10)11)17(12,13)14/h2-5,8H,1H3,(H2,9,10,11)(H2,12,13,14). The molecule has 0 bridgehead atoms. The minimum atomic E-state index is -5.06. The summed E-state index contributed by atoms with van der Waals surface area (Å²) in [7, 11) is -10.1. The van der Waals surface area contributed by atoms with E-state index in [0.717, 1.165) is 5.56 Å². The van der Waals surface area contributed by atoms with Gasteiger partial charge in [-0.3, -0.25) is 9.13 Å². The molecule has 0 radical (unpaired) electrons. The molecule has 0 saturated carbocycles. The fourth-order valence-corrected chi connectivity index (χ4v) is 3.16.